The number of halogens is 3. The predicted octanol–water partition coefficient (Wildman–Crippen LogP) is 2.74. The molecule has 1 unspecified atom stereocenters. The summed E-state index contributed by atoms with van der Waals surface area (Å²) in [5.41, 5.74) is 2.54. The normalized spacial score (nSPS) is 17.1. The monoisotopic (exact) mass is 406 g/mol. The number of carbonyl (C=O) groups is 1. The number of hydrogen-bond donors (Lipinski definition) is 1. The number of aliphatic carboxylic acids is 1. The van der Waals surface area contributed by atoms with Crippen molar-refractivity contribution in [2.45, 2.75) is 38.7 Å². The van der Waals surface area contributed by atoms with Crippen LogP contribution in [0.25, 0.3) is 0 Å². The Kier molecular flexibility index (Phi) is 7.33. The van der Waals surface area contributed by atoms with Crippen LogP contribution in [-0.4, -0.2) is 57.2 Å². The molecule has 27 heavy (non-hydrogen) atoms. The molecule has 0 bridgehead atoms. The van der Waals surface area contributed by atoms with Gasteiger partial charge in [-0.1, -0.05) is 0 Å². The van der Waals surface area contributed by atoms with Crippen molar-refractivity contribution in [1.29, 1.82) is 0 Å². The maximum absolute atomic E-state index is 10.6. The van der Waals surface area contributed by atoms with Crippen molar-refractivity contribution in [3.05, 3.63) is 34.0 Å². The SMILES string of the molecule is CCn1cc2c(n1)C(COC)CN(Cc1nccs1)C2.O=C(O)C(F)(F)F. The predicted molar refractivity (Wildman–Crippen MR) is 92.4 cm³/mol. The molecule has 1 aliphatic rings. The van der Waals surface area contributed by atoms with E-state index in [0.29, 0.717) is 5.92 Å². The highest BCUT2D eigenvalue weighted by Crippen LogP contribution is 2.28. The van der Waals surface area contributed by atoms with E-state index in [1.807, 2.05) is 16.3 Å². The van der Waals surface area contributed by atoms with Gasteiger partial charge in [-0.25, -0.2) is 9.78 Å². The summed E-state index contributed by atoms with van der Waals surface area (Å²) in [7, 11) is 1.76. The summed E-state index contributed by atoms with van der Waals surface area (Å²) >= 11 is 1.72. The van der Waals surface area contributed by atoms with Gasteiger partial charge in [0.1, 0.15) is 5.01 Å². The zero-order valence-corrected chi connectivity index (χ0v) is 15.8. The van der Waals surface area contributed by atoms with E-state index in [-0.39, 0.29) is 0 Å². The third-order valence-electron chi connectivity index (χ3n) is 3.91. The molecule has 11 heteroatoms. The van der Waals surface area contributed by atoms with E-state index in [1.54, 1.807) is 18.4 Å². The molecule has 3 rings (SSSR count). The lowest BCUT2D eigenvalue weighted by Crippen LogP contribution is -2.34. The molecule has 0 aliphatic carbocycles. The van der Waals surface area contributed by atoms with Crippen LogP contribution in [0.5, 0.6) is 0 Å². The van der Waals surface area contributed by atoms with Gasteiger partial charge in [-0.2, -0.15) is 18.3 Å². The lowest BCUT2D eigenvalue weighted by atomic mass is 9.97. The number of alkyl halides is 3. The molecule has 2 aromatic heterocycles. The summed E-state index contributed by atoms with van der Waals surface area (Å²) in [4.78, 5) is 15.7. The largest absolute Gasteiger partial charge is 0.490 e. The van der Waals surface area contributed by atoms with Crippen molar-refractivity contribution >= 4 is 17.3 Å². The molecule has 1 atom stereocenters. The van der Waals surface area contributed by atoms with Crippen molar-refractivity contribution in [3.8, 4) is 0 Å². The number of thiazole rings is 1. The first-order chi connectivity index (χ1) is 12.7. The van der Waals surface area contributed by atoms with Crippen LogP contribution in [0.3, 0.4) is 0 Å². The minimum absolute atomic E-state index is 0.358. The van der Waals surface area contributed by atoms with Crippen LogP contribution in [0.2, 0.25) is 0 Å². The molecule has 0 aromatic carbocycles. The summed E-state index contributed by atoms with van der Waals surface area (Å²) in [6, 6.07) is 0. The number of nitrogens with zero attached hydrogens (tertiary/aromatic N) is 4. The molecular weight excluding hydrogens is 385 g/mol. The van der Waals surface area contributed by atoms with Gasteiger partial charge >= 0.3 is 12.1 Å². The number of ether oxygens (including phenoxy) is 1. The van der Waals surface area contributed by atoms with E-state index in [4.69, 9.17) is 19.7 Å². The Morgan fingerprint density at radius 1 is 1.48 bits per heavy atom. The van der Waals surface area contributed by atoms with Gasteiger partial charge in [0.2, 0.25) is 0 Å². The van der Waals surface area contributed by atoms with Gasteiger partial charge in [0.25, 0.3) is 0 Å². The van der Waals surface area contributed by atoms with Crippen LogP contribution in [0.1, 0.15) is 29.1 Å². The first kappa shape index (κ1) is 21.3. The van der Waals surface area contributed by atoms with Crippen LogP contribution < -0.4 is 0 Å². The fraction of sp³-hybridized carbons (Fsp3) is 0.562. The fourth-order valence-electron chi connectivity index (χ4n) is 2.78. The third kappa shape index (κ3) is 6.01. The summed E-state index contributed by atoms with van der Waals surface area (Å²) in [5.74, 6) is -2.40. The minimum atomic E-state index is -5.08. The molecule has 0 spiro atoms. The zero-order valence-electron chi connectivity index (χ0n) is 14.9. The average Bonchev–Trinajstić information content (AvgIpc) is 3.24. The number of carboxylic acid groups (broad SMARTS) is 1. The van der Waals surface area contributed by atoms with Crippen molar-refractivity contribution in [3.63, 3.8) is 0 Å². The smallest absolute Gasteiger partial charge is 0.475 e. The Morgan fingerprint density at radius 3 is 2.70 bits per heavy atom. The van der Waals surface area contributed by atoms with E-state index >= 15 is 0 Å². The molecule has 1 aliphatic heterocycles. The highest BCUT2D eigenvalue weighted by molar-refractivity contribution is 7.09. The van der Waals surface area contributed by atoms with Crippen LogP contribution in [-0.2, 0) is 29.2 Å². The molecule has 0 amide bonds. The van der Waals surface area contributed by atoms with Gasteiger partial charge in [0.15, 0.2) is 0 Å². The molecule has 0 saturated carbocycles. The zero-order chi connectivity index (χ0) is 20.0. The fourth-order valence-corrected chi connectivity index (χ4v) is 3.44. The van der Waals surface area contributed by atoms with Gasteiger partial charge < -0.3 is 9.84 Å². The standard InChI is InChI=1S/C14H20N4OS.C2HF3O2/c1-3-18-8-11-6-17(9-13-15-4-5-20-13)7-12(10-19-2)14(11)16-18;3-2(4,5)1(6)7/h4-5,8,12H,3,6-7,9-10H2,1-2H3;(H,6,7). The van der Waals surface area contributed by atoms with Gasteiger partial charge in [0.05, 0.1) is 18.8 Å². The molecular formula is C16H21F3N4O3S. The molecule has 0 radical (unpaired) electrons. The number of methoxy groups -OCH3 is 1. The Labute approximate surface area is 158 Å². The van der Waals surface area contributed by atoms with E-state index in [1.165, 1.54) is 16.3 Å². The Bertz CT molecular complexity index is 734. The summed E-state index contributed by atoms with van der Waals surface area (Å²) in [5, 5.41) is 15.0. The Morgan fingerprint density at radius 2 is 2.19 bits per heavy atom. The number of carboxylic acids is 1. The lowest BCUT2D eigenvalue weighted by Gasteiger charge is -2.30. The van der Waals surface area contributed by atoms with E-state index in [9.17, 15) is 13.2 Å². The molecule has 1 N–H and O–H groups in total. The van der Waals surface area contributed by atoms with E-state index in [2.05, 4.69) is 23.0 Å². The summed E-state index contributed by atoms with van der Waals surface area (Å²) in [6.45, 7) is 6.61. The van der Waals surface area contributed by atoms with Crippen molar-refractivity contribution in [2.75, 3.05) is 20.3 Å². The number of aromatic nitrogens is 3. The Balaban J connectivity index is 0.000000321. The number of hydrogen-bond acceptors (Lipinski definition) is 6. The number of aryl methyl sites for hydroxylation is 1. The molecule has 3 heterocycles. The molecule has 150 valence electrons. The van der Waals surface area contributed by atoms with E-state index < -0.39 is 12.1 Å². The minimum Gasteiger partial charge on any atom is -0.475 e. The summed E-state index contributed by atoms with van der Waals surface area (Å²) < 4.78 is 39.1. The molecule has 7 nitrogen and oxygen atoms in total. The molecule has 0 saturated heterocycles. The van der Waals surface area contributed by atoms with Crippen LogP contribution in [0, 0.1) is 0 Å². The van der Waals surface area contributed by atoms with E-state index in [0.717, 1.165) is 32.8 Å². The van der Waals surface area contributed by atoms with Gasteiger partial charge in [-0.05, 0) is 6.92 Å². The maximum atomic E-state index is 10.6. The molecule has 0 fully saturated rings. The van der Waals surface area contributed by atoms with Gasteiger partial charge in [-0.3, -0.25) is 9.58 Å². The second-order valence-electron chi connectivity index (χ2n) is 5.95. The second-order valence-corrected chi connectivity index (χ2v) is 6.93. The first-order valence-electron chi connectivity index (χ1n) is 8.20. The van der Waals surface area contributed by atoms with Crippen molar-refractivity contribution in [1.82, 2.24) is 19.7 Å². The average molecular weight is 406 g/mol. The van der Waals surface area contributed by atoms with Crippen LogP contribution in [0.4, 0.5) is 13.2 Å². The highest BCUT2D eigenvalue weighted by atomic mass is 32.1. The van der Waals surface area contributed by atoms with Gasteiger partial charge in [-0.15, -0.1) is 11.3 Å². The summed E-state index contributed by atoms with van der Waals surface area (Å²) in [6.07, 6.45) is -1.04. The van der Waals surface area contributed by atoms with Crippen LogP contribution in [0.15, 0.2) is 17.8 Å². The quantitative estimate of drug-likeness (QED) is 0.823. The second kappa shape index (κ2) is 9.29. The highest BCUT2D eigenvalue weighted by Gasteiger charge is 2.38. The van der Waals surface area contributed by atoms with Gasteiger partial charge in [0, 0.05) is 56.0 Å². The topological polar surface area (TPSA) is 80.5 Å². The molecule has 2 aromatic rings. The van der Waals surface area contributed by atoms with Crippen molar-refractivity contribution < 1.29 is 27.8 Å². The maximum Gasteiger partial charge on any atom is 0.490 e. The number of rotatable bonds is 5. The van der Waals surface area contributed by atoms with Crippen molar-refractivity contribution in [2.24, 2.45) is 0 Å². The van der Waals surface area contributed by atoms with Crippen LogP contribution >= 0.6 is 11.3 Å². The lowest BCUT2D eigenvalue weighted by molar-refractivity contribution is -0.192. The Hall–Kier alpha value is -1.98. The third-order valence-corrected chi connectivity index (χ3v) is 4.67. The first-order valence-corrected chi connectivity index (χ1v) is 9.08. The number of fused-ring (bicyclic) bond motifs is 1.